The maximum absolute atomic E-state index is 12.6. The summed E-state index contributed by atoms with van der Waals surface area (Å²) in [5.41, 5.74) is 8.64. The van der Waals surface area contributed by atoms with E-state index >= 15 is 0 Å². The molecule has 2 rings (SSSR count). The first-order chi connectivity index (χ1) is 8.75. The predicted octanol–water partition coefficient (Wildman–Crippen LogP) is 0.949. The minimum absolute atomic E-state index is 0.162. The molecule has 106 valence electrons. The molecule has 0 unspecified atom stereocenters. The fourth-order valence-electron chi connectivity index (χ4n) is 2.64. The van der Waals surface area contributed by atoms with Crippen molar-refractivity contribution in [1.29, 1.82) is 0 Å². The Labute approximate surface area is 114 Å². The van der Waals surface area contributed by atoms with E-state index in [-0.39, 0.29) is 11.4 Å². The van der Waals surface area contributed by atoms with Gasteiger partial charge in [-0.3, -0.25) is 0 Å². The molecule has 1 aliphatic rings. The van der Waals surface area contributed by atoms with Crippen LogP contribution in [0.2, 0.25) is 0 Å². The van der Waals surface area contributed by atoms with Crippen molar-refractivity contribution in [3.63, 3.8) is 0 Å². The minimum atomic E-state index is -3.58. The zero-order chi connectivity index (χ0) is 14.4. The molecule has 1 aliphatic heterocycles. The fourth-order valence-corrected chi connectivity index (χ4v) is 4.57. The molecule has 6 heteroatoms. The number of aliphatic hydroxyl groups is 1. The van der Waals surface area contributed by atoms with Crippen LogP contribution in [0.5, 0.6) is 0 Å². The molecule has 1 atom stereocenters. The molecule has 1 aromatic carbocycles. The largest absolute Gasteiger partial charge is 0.398 e. The average molecular weight is 284 g/mol. The third-order valence-corrected chi connectivity index (χ3v) is 5.84. The Bertz CT molecular complexity index is 611. The van der Waals surface area contributed by atoms with E-state index in [1.807, 2.05) is 6.92 Å². The molecule has 1 heterocycles. The highest BCUT2D eigenvalue weighted by Gasteiger charge is 2.34. The van der Waals surface area contributed by atoms with Crippen molar-refractivity contribution in [3.05, 3.63) is 22.8 Å². The van der Waals surface area contributed by atoms with Crippen LogP contribution in [0.25, 0.3) is 0 Å². The molecule has 1 aromatic rings. The number of rotatable bonds is 2. The topological polar surface area (TPSA) is 83.6 Å². The van der Waals surface area contributed by atoms with Crippen LogP contribution < -0.4 is 5.73 Å². The number of sulfonamides is 1. The summed E-state index contributed by atoms with van der Waals surface area (Å²) in [7, 11) is -3.58. The van der Waals surface area contributed by atoms with Gasteiger partial charge in [-0.15, -0.1) is 0 Å². The lowest BCUT2D eigenvalue weighted by molar-refractivity contribution is 0.189. The molecule has 1 fully saturated rings. The number of β-amino-alcohol motifs (C(OH)–C–C–N with tert-alkyl or cyclic N) is 1. The molecule has 0 amide bonds. The summed E-state index contributed by atoms with van der Waals surface area (Å²) >= 11 is 0. The molecular weight excluding hydrogens is 264 g/mol. The molecule has 1 saturated heterocycles. The van der Waals surface area contributed by atoms with Crippen LogP contribution >= 0.6 is 0 Å². The normalized spacial score (nSPS) is 20.9. The van der Waals surface area contributed by atoms with Crippen molar-refractivity contribution in [3.8, 4) is 0 Å². The summed E-state index contributed by atoms with van der Waals surface area (Å²) in [5.74, 6) is 0. The van der Waals surface area contributed by atoms with Crippen molar-refractivity contribution < 1.29 is 13.5 Å². The smallest absolute Gasteiger partial charge is 0.243 e. The van der Waals surface area contributed by atoms with E-state index in [1.165, 1.54) is 4.31 Å². The van der Waals surface area contributed by atoms with E-state index in [4.69, 9.17) is 5.73 Å². The third-order valence-electron chi connectivity index (χ3n) is 3.68. The van der Waals surface area contributed by atoms with E-state index < -0.39 is 16.1 Å². The molecular formula is C13H20N2O3S. The van der Waals surface area contributed by atoms with Gasteiger partial charge in [-0.25, -0.2) is 8.42 Å². The van der Waals surface area contributed by atoms with Gasteiger partial charge in [0.05, 0.1) is 11.0 Å². The summed E-state index contributed by atoms with van der Waals surface area (Å²) in [6.07, 6.45) is -0.0863. The lowest BCUT2D eigenvalue weighted by Crippen LogP contribution is -2.31. The number of hydrogen-bond donors (Lipinski definition) is 2. The summed E-state index contributed by atoms with van der Waals surface area (Å²) in [6, 6.07) is 1.79. The number of hydrogen-bond acceptors (Lipinski definition) is 4. The number of anilines is 1. The van der Waals surface area contributed by atoms with Crippen molar-refractivity contribution >= 4 is 15.7 Å². The summed E-state index contributed by atoms with van der Waals surface area (Å²) in [5, 5.41) is 9.52. The van der Waals surface area contributed by atoms with Gasteiger partial charge in [0.1, 0.15) is 0 Å². The molecule has 19 heavy (non-hydrogen) atoms. The zero-order valence-electron chi connectivity index (χ0n) is 11.5. The van der Waals surface area contributed by atoms with E-state index in [1.54, 1.807) is 19.9 Å². The standard InChI is InChI=1S/C13H20N2O3S/c1-8-6-9(2)13(10(3)12(8)14)19(17,18)15-5-4-11(16)7-15/h6,11,16H,4-5,7,14H2,1-3H3/t11-/m0/s1. The Morgan fingerprint density at radius 1 is 1.32 bits per heavy atom. The summed E-state index contributed by atoms with van der Waals surface area (Å²) in [6.45, 7) is 5.89. The van der Waals surface area contributed by atoms with Crippen LogP contribution in [-0.2, 0) is 10.0 Å². The molecule has 0 spiro atoms. The number of nitrogens with zero attached hydrogens (tertiary/aromatic N) is 1. The predicted molar refractivity (Wildman–Crippen MR) is 74.4 cm³/mol. The molecule has 5 nitrogen and oxygen atoms in total. The molecule has 3 N–H and O–H groups in total. The van der Waals surface area contributed by atoms with Gasteiger partial charge in [0.15, 0.2) is 0 Å². The molecule has 0 saturated carbocycles. The van der Waals surface area contributed by atoms with E-state index in [0.717, 1.165) is 5.56 Å². The maximum atomic E-state index is 12.6. The zero-order valence-corrected chi connectivity index (χ0v) is 12.3. The first-order valence-corrected chi connectivity index (χ1v) is 7.73. The van der Waals surface area contributed by atoms with Gasteiger partial charge >= 0.3 is 0 Å². The molecule has 0 aromatic heterocycles. The highest BCUT2D eigenvalue weighted by atomic mass is 32.2. The monoisotopic (exact) mass is 284 g/mol. The van der Waals surface area contributed by atoms with Crippen LogP contribution in [0.3, 0.4) is 0 Å². The fraction of sp³-hybridized carbons (Fsp3) is 0.538. The number of nitrogens with two attached hydrogens (primary N) is 1. The second-order valence-corrected chi connectivity index (χ2v) is 7.06. The van der Waals surface area contributed by atoms with Gasteiger partial charge in [-0.05, 0) is 43.9 Å². The lowest BCUT2D eigenvalue weighted by atomic mass is 10.1. The quantitative estimate of drug-likeness (QED) is 0.792. The van der Waals surface area contributed by atoms with E-state index in [9.17, 15) is 13.5 Å². The highest BCUT2D eigenvalue weighted by Crippen LogP contribution is 2.31. The SMILES string of the molecule is Cc1cc(C)c(S(=O)(=O)N2CC[C@H](O)C2)c(C)c1N. The lowest BCUT2D eigenvalue weighted by Gasteiger charge is -2.20. The van der Waals surface area contributed by atoms with Gasteiger partial charge in [0, 0.05) is 18.8 Å². The minimum Gasteiger partial charge on any atom is -0.398 e. The number of nitrogen functional groups attached to an aromatic ring is 1. The Kier molecular flexibility index (Phi) is 3.59. The highest BCUT2D eigenvalue weighted by molar-refractivity contribution is 7.89. The third kappa shape index (κ3) is 2.35. The number of aliphatic hydroxyl groups excluding tert-OH is 1. The van der Waals surface area contributed by atoms with Crippen LogP contribution in [0.4, 0.5) is 5.69 Å². The average Bonchev–Trinajstić information content (AvgIpc) is 2.73. The summed E-state index contributed by atoms with van der Waals surface area (Å²) < 4.78 is 26.6. The molecule has 0 aliphatic carbocycles. The maximum Gasteiger partial charge on any atom is 0.243 e. The van der Waals surface area contributed by atoms with Crippen LogP contribution in [0.1, 0.15) is 23.1 Å². The number of benzene rings is 1. The van der Waals surface area contributed by atoms with Gasteiger partial charge < -0.3 is 10.8 Å². The van der Waals surface area contributed by atoms with Crippen molar-refractivity contribution in [2.24, 2.45) is 0 Å². The molecule has 0 radical (unpaired) electrons. The Morgan fingerprint density at radius 3 is 2.47 bits per heavy atom. The number of aryl methyl sites for hydroxylation is 2. The van der Waals surface area contributed by atoms with Gasteiger partial charge in [-0.1, -0.05) is 6.07 Å². The molecule has 0 bridgehead atoms. The van der Waals surface area contributed by atoms with Gasteiger partial charge in [0.2, 0.25) is 10.0 Å². The van der Waals surface area contributed by atoms with Crippen LogP contribution in [0.15, 0.2) is 11.0 Å². The van der Waals surface area contributed by atoms with Crippen molar-refractivity contribution in [2.45, 2.75) is 38.2 Å². The van der Waals surface area contributed by atoms with Crippen molar-refractivity contribution in [1.82, 2.24) is 4.31 Å². The Hall–Kier alpha value is -1.11. The van der Waals surface area contributed by atoms with Crippen molar-refractivity contribution in [2.75, 3.05) is 18.8 Å². The summed E-state index contributed by atoms with van der Waals surface area (Å²) in [4.78, 5) is 0.282. The Morgan fingerprint density at radius 2 is 1.95 bits per heavy atom. The first kappa shape index (κ1) is 14.3. The van der Waals surface area contributed by atoms with Crippen LogP contribution in [0, 0.1) is 20.8 Å². The Balaban J connectivity index is 2.56. The van der Waals surface area contributed by atoms with Crippen LogP contribution in [-0.4, -0.2) is 37.0 Å². The second kappa shape index (κ2) is 4.77. The van der Waals surface area contributed by atoms with E-state index in [2.05, 4.69) is 0 Å². The second-order valence-electron chi connectivity index (χ2n) is 5.18. The first-order valence-electron chi connectivity index (χ1n) is 6.29. The van der Waals surface area contributed by atoms with E-state index in [0.29, 0.717) is 29.8 Å². The van der Waals surface area contributed by atoms with Gasteiger partial charge in [0.25, 0.3) is 0 Å². The van der Waals surface area contributed by atoms with Gasteiger partial charge in [-0.2, -0.15) is 4.31 Å².